The molecule has 7 nitrogen and oxygen atoms in total. The number of hydrogen-bond acceptors (Lipinski definition) is 5. The number of nitrogens with zero attached hydrogens (tertiary/aromatic N) is 2. The summed E-state index contributed by atoms with van der Waals surface area (Å²) in [7, 11) is 3.13. The van der Waals surface area contributed by atoms with Crippen LogP contribution >= 0.6 is 0 Å². The van der Waals surface area contributed by atoms with Crippen LogP contribution in [0.2, 0.25) is 0 Å². The summed E-state index contributed by atoms with van der Waals surface area (Å²) in [6.45, 7) is 3.19. The molecule has 2 aliphatic rings. The van der Waals surface area contributed by atoms with Gasteiger partial charge in [0.15, 0.2) is 11.5 Å². The minimum absolute atomic E-state index is 0.0247. The molecule has 0 radical (unpaired) electrons. The van der Waals surface area contributed by atoms with Gasteiger partial charge in [0.05, 0.1) is 25.5 Å². The van der Waals surface area contributed by atoms with Gasteiger partial charge >= 0.3 is 0 Å². The molecule has 0 bridgehead atoms. The maximum atomic E-state index is 13.0. The molecule has 1 aliphatic heterocycles. The number of hydrogen-bond donors (Lipinski definition) is 1. The summed E-state index contributed by atoms with van der Waals surface area (Å²) >= 11 is 0. The zero-order valence-electron chi connectivity index (χ0n) is 18.3. The van der Waals surface area contributed by atoms with Gasteiger partial charge < -0.3 is 19.7 Å². The lowest BCUT2D eigenvalue weighted by atomic mass is 9.89. The highest BCUT2D eigenvalue weighted by Gasteiger charge is 2.30. The van der Waals surface area contributed by atoms with Gasteiger partial charge in [-0.2, -0.15) is 0 Å². The molecule has 4 rings (SSSR count). The molecule has 2 aromatic rings. The molecule has 0 spiro atoms. The summed E-state index contributed by atoms with van der Waals surface area (Å²) in [5.41, 5.74) is 3.01. The molecule has 31 heavy (non-hydrogen) atoms. The third-order valence-electron chi connectivity index (χ3n) is 6.02. The van der Waals surface area contributed by atoms with Gasteiger partial charge in [0.25, 0.3) is 11.8 Å². The van der Waals surface area contributed by atoms with Crippen LogP contribution in [-0.2, 0) is 0 Å². The van der Waals surface area contributed by atoms with Gasteiger partial charge in [-0.15, -0.1) is 0 Å². The normalized spacial score (nSPS) is 16.7. The van der Waals surface area contributed by atoms with Crippen molar-refractivity contribution in [3.05, 3.63) is 52.8 Å². The van der Waals surface area contributed by atoms with Crippen molar-refractivity contribution in [2.75, 3.05) is 27.3 Å². The molecule has 2 amide bonds. The van der Waals surface area contributed by atoms with Crippen LogP contribution in [0.4, 0.5) is 0 Å². The number of likely N-dealkylation sites (tertiary alicyclic amines) is 1. The van der Waals surface area contributed by atoms with Crippen molar-refractivity contribution in [1.29, 1.82) is 0 Å². The minimum atomic E-state index is -0.0335. The molecule has 1 aromatic heterocycles. The van der Waals surface area contributed by atoms with E-state index < -0.39 is 0 Å². The average molecular weight is 424 g/mol. The second kappa shape index (κ2) is 8.96. The quantitative estimate of drug-likeness (QED) is 0.771. The summed E-state index contributed by atoms with van der Waals surface area (Å²) < 4.78 is 10.6. The molecule has 2 fully saturated rings. The van der Waals surface area contributed by atoms with Crippen molar-refractivity contribution in [3.63, 3.8) is 0 Å². The number of carbonyl (C=O) groups is 2. The van der Waals surface area contributed by atoms with Crippen LogP contribution in [-0.4, -0.2) is 55.0 Å². The zero-order chi connectivity index (χ0) is 22.0. The highest BCUT2D eigenvalue weighted by Crippen LogP contribution is 2.32. The first-order valence-electron chi connectivity index (χ1n) is 10.8. The Labute approximate surface area is 182 Å². The van der Waals surface area contributed by atoms with Crippen LogP contribution < -0.4 is 14.8 Å². The van der Waals surface area contributed by atoms with Gasteiger partial charge in [-0.05, 0) is 62.9 Å². The fraction of sp³-hybridized carbons (Fsp3) is 0.458. The van der Waals surface area contributed by atoms with E-state index >= 15 is 0 Å². The smallest absolute Gasteiger partial charge is 0.253 e. The largest absolute Gasteiger partial charge is 0.493 e. The first kappa shape index (κ1) is 21.2. The van der Waals surface area contributed by atoms with Gasteiger partial charge in [0.2, 0.25) is 0 Å². The van der Waals surface area contributed by atoms with Gasteiger partial charge in [-0.25, -0.2) is 0 Å². The minimum Gasteiger partial charge on any atom is -0.493 e. The Hall–Kier alpha value is -3.09. The Kier molecular flexibility index (Phi) is 6.11. The van der Waals surface area contributed by atoms with E-state index in [2.05, 4.69) is 5.32 Å². The van der Waals surface area contributed by atoms with E-state index in [0.717, 1.165) is 37.1 Å². The summed E-state index contributed by atoms with van der Waals surface area (Å²) in [5.74, 6) is 1.24. The van der Waals surface area contributed by atoms with Gasteiger partial charge in [0, 0.05) is 36.3 Å². The number of pyridine rings is 1. The predicted octanol–water partition coefficient (Wildman–Crippen LogP) is 3.32. The summed E-state index contributed by atoms with van der Waals surface area (Å²) in [6, 6.07) is 9.31. The van der Waals surface area contributed by atoms with Crippen LogP contribution in [0.15, 0.2) is 30.3 Å². The third-order valence-corrected chi connectivity index (χ3v) is 6.02. The Balaban J connectivity index is 1.46. The second-order valence-electron chi connectivity index (χ2n) is 8.27. The Morgan fingerprint density at radius 2 is 1.71 bits per heavy atom. The van der Waals surface area contributed by atoms with Crippen molar-refractivity contribution in [3.8, 4) is 11.5 Å². The van der Waals surface area contributed by atoms with E-state index in [0.29, 0.717) is 41.8 Å². The second-order valence-corrected chi connectivity index (χ2v) is 8.27. The number of aromatic nitrogens is 1. The topological polar surface area (TPSA) is 80.8 Å². The molecular weight excluding hydrogens is 394 g/mol. The maximum Gasteiger partial charge on any atom is 0.253 e. The summed E-state index contributed by atoms with van der Waals surface area (Å²) in [5, 5.41) is 3.07. The monoisotopic (exact) mass is 423 g/mol. The third kappa shape index (κ3) is 4.65. The molecule has 1 N–H and O–H groups in total. The highest BCUT2D eigenvalue weighted by atomic mass is 16.5. The van der Waals surface area contributed by atoms with Crippen LogP contribution in [0.5, 0.6) is 11.5 Å². The number of piperidine rings is 1. The van der Waals surface area contributed by atoms with Gasteiger partial charge in [-0.3, -0.25) is 14.6 Å². The molecule has 1 saturated carbocycles. The fourth-order valence-electron chi connectivity index (χ4n) is 4.08. The first-order chi connectivity index (χ1) is 15.0. The van der Waals surface area contributed by atoms with Gasteiger partial charge in [-0.1, -0.05) is 0 Å². The lowest BCUT2D eigenvalue weighted by Crippen LogP contribution is -2.38. The SMILES string of the molecule is COc1ccc(C(=O)N2CCC(c3nc(C)ccc3C(=O)NC3CC3)CC2)cc1OC. The molecule has 1 aromatic carbocycles. The van der Waals surface area contributed by atoms with E-state index in [1.807, 2.05) is 24.0 Å². The lowest BCUT2D eigenvalue weighted by molar-refractivity contribution is 0.0710. The van der Waals surface area contributed by atoms with E-state index in [4.69, 9.17) is 14.5 Å². The maximum absolute atomic E-state index is 13.0. The number of ether oxygens (including phenoxy) is 2. The summed E-state index contributed by atoms with van der Waals surface area (Å²) in [6.07, 6.45) is 3.66. The molecule has 7 heteroatoms. The van der Waals surface area contributed by atoms with Crippen molar-refractivity contribution in [1.82, 2.24) is 15.2 Å². The summed E-state index contributed by atoms with van der Waals surface area (Å²) in [4.78, 5) is 32.3. The fourth-order valence-corrected chi connectivity index (χ4v) is 4.08. The number of aryl methyl sites for hydroxylation is 1. The number of amides is 2. The Morgan fingerprint density at radius 3 is 2.35 bits per heavy atom. The van der Waals surface area contributed by atoms with Crippen molar-refractivity contribution in [2.24, 2.45) is 0 Å². The highest BCUT2D eigenvalue weighted by molar-refractivity contribution is 5.96. The molecular formula is C24H29N3O4. The molecule has 2 heterocycles. The van der Waals surface area contributed by atoms with E-state index in [-0.39, 0.29) is 17.7 Å². The molecule has 0 unspecified atom stereocenters. The molecule has 164 valence electrons. The van der Waals surface area contributed by atoms with Crippen molar-refractivity contribution < 1.29 is 19.1 Å². The van der Waals surface area contributed by atoms with Crippen LogP contribution in [0.25, 0.3) is 0 Å². The number of carbonyl (C=O) groups excluding carboxylic acids is 2. The standard InChI is InChI=1S/C24H29N3O4/c1-15-4-8-19(23(28)26-18-6-7-18)22(25-15)16-10-12-27(13-11-16)24(29)17-5-9-20(30-2)21(14-17)31-3/h4-5,8-9,14,16,18H,6-7,10-13H2,1-3H3,(H,26,28). The first-order valence-corrected chi connectivity index (χ1v) is 10.8. The Bertz CT molecular complexity index is 979. The van der Waals surface area contributed by atoms with Crippen molar-refractivity contribution >= 4 is 11.8 Å². The molecule has 0 atom stereocenters. The number of benzene rings is 1. The Morgan fingerprint density at radius 1 is 1.00 bits per heavy atom. The lowest BCUT2D eigenvalue weighted by Gasteiger charge is -2.32. The molecule has 1 saturated heterocycles. The number of nitrogens with one attached hydrogen (secondary N) is 1. The van der Waals surface area contributed by atoms with Crippen molar-refractivity contribution in [2.45, 2.75) is 44.6 Å². The van der Waals surface area contributed by atoms with Crippen LogP contribution in [0, 0.1) is 6.92 Å². The van der Waals surface area contributed by atoms with E-state index in [1.165, 1.54) is 0 Å². The predicted molar refractivity (Wildman–Crippen MR) is 117 cm³/mol. The van der Waals surface area contributed by atoms with Crippen LogP contribution in [0.1, 0.15) is 63.7 Å². The average Bonchev–Trinajstić information content (AvgIpc) is 3.62. The van der Waals surface area contributed by atoms with E-state index in [9.17, 15) is 9.59 Å². The number of methoxy groups -OCH3 is 2. The molecule has 1 aliphatic carbocycles. The van der Waals surface area contributed by atoms with Gasteiger partial charge in [0.1, 0.15) is 0 Å². The van der Waals surface area contributed by atoms with E-state index in [1.54, 1.807) is 32.4 Å². The zero-order valence-corrected chi connectivity index (χ0v) is 18.3. The van der Waals surface area contributed by atoms with Crippen LogP contribution in [0.3, 0.4) is 0 Å². The number of rotatable bonds is 6.